The number of ether oxygens (including phenoxy) is 2. The first-order valence-electron chi connectivity index (χ1n) is 9.86. The standard InChI is InChI=1S/C21H28N4O2S/c1-13-9-18(26-4)10-16(22-13)12-27-17-7-8-25(11-17)14(2)19-5-6-20-21(24-19)23-15(3)28-20/h5-6,9-10,14,17,20-21H,7-8,11-12H2,1-4H3/t14?,17-,20?,21?/m1/s1. The van der Waals surface area contributed by atoms with Crippen molar-refractivity contribution < 1.29 is 9.47 Å². The van der Waals surface area contributed by atoms with Crippen LogP contribution in [-0.4, -0.2) is 64.4 Å². The van der Waals surface area contributed by atoms with Crippen molar-refractivity contribution >= 4 is 22.5 Å². The third kappa shape index (κ3) is 4.31. The van der Waals surface area contributed by atoms with Gasteiger partial charge in [-0.05, 0) is 33.3 Å². The minimum atomic E-state index is 0.0597. The number of nitrogens with zero attached hydrogens (tertiary/aromatic N) is 4. The molecule has 0 aromatic carbocycles. The third-order valence-electron chi connectivity index (χ3n) is 5.49. The Hall–Kier alpha value is -1.70. The summed E-state index contributed by atoms with van der Waals surface area (Å²) >= 11 is 1.81. The fourth-order valence-electron chi connectivity index (χ4n) is 3.95. The summed E-state index contributed by atoms with van der Waals surface area (Å²) in [7, 11) is 1.68. The number of aromatic nitrogens is 1. The van der Waals surface area contributed by atoms with E-state index in [-0.39, 0.29) is 18.3 Å². The van der Waals surface area contributed by atoms with Gasteiger partial charge in [0.15, 0.2) is 6.17 Å². The molecule has 7 heteroatoms. The van der Waals surface area contributed by atoms with E-state index >= 15 is 0 Å². The summed E-state index contributed by atoms with van der Waals surface area (Å²) < 4.78 is 11.5. The van der Waals surface area contributed by atoms with Crippen LogP contribution in [0.5, 0.6) is 5.75 Å². The van der Waals surface area contributed by atoms with Gasteiger partial charge in [-0.25, -0.2) is 0 Å². The fourth-order valence-corrected chi connectivity index (χ4v) is 4.92. The first-order valence-corrected chi connectivity index (χ1v) is 10.7. The van der Waals surface area contributed by atoms with Crippen molar-refractivity contribution in [3.8, 4) is 5.75 Å². The second-order valence-electron chi connectivity index (χ2n) is 7.59. The van der Waals surface area contributed by atoms with E-state index in [4.69, 9.17) is 14.5 Å². The predicted octanol–water partition coefficient (Wildman–Crippen LogP) is 3.25. The highest BCUT2D eigenvalue weighted by Crippen LogP contribution is 2.31. The summed E-state index contributed by atoms with van der Waals surface area (Å²) in [4.78, 5) is 16.6. The van der Waals surface area contributed by atoms with Gasteiger partial charge in [0.05, 0.1) is 41.5 Å². The zero-order valence-electron chi connectivity index (χ0n) is 17.0. The zero-order valence-corrected chi connectivity index (χ0v) is 17.8. The van der Waals surface area contributed by atoms with Crippen LogP contribution in [0.25, 0.3) is 0 Å². The van der Waals surface area contributed by atoms with Crippen LogP contribution in [0.3, 0.4) is 0 Å². The van der Waals surface area contributed by atoms with Gasteiger partial charge in [-0.15, -0.1) is 0 Å². The van der Waals surface area contributed by atoms with E-state index in [1.165, 1.54) is 0 Å². The van der Waals surface area contributed by atoms with Crippen LogP contribution in [0.2, 0.25) is 0 Å². The van der Waals surface area contributed by atoms with E-state index in [1.54, 1.807) is 7.11 Å². The van der Waals surface area contributed by atoms with Crippen LogP contribution in [0.4, 0.5) is 0 Å². The average molecular weight is 401 g/mol. The second kappa shape index (κ2) is 8.35. The highest BCUT2D eigenvalue weighted by atomic mass is 32.2. The van der Waals surface area contributed by atoms with E-state index < -0.39 is 0 Å². The minimum Gasteiger partial charge on any atom is -0.497 e. The molecule has 0 bridgehead atoms. The van der Waals surface area contributed by atoms with Crippen LogP contribution in [0.1, 0.15) is 31.7 Å². The average Bonchev–Trinajstić information content (AvgIpc) is 3.30. The molecular weight excluding hydrogens is 372 g/mol. The van der Waals surface area contributed by atoms with Gasteiger partial charge in [0.2, 0.25) is 0 Å². The maximum atomic E-state index is 6.15. The molecule has 4 rings (SSSR count). The molecule has 4 atom stereocenters. The van der Waals surface area contributed by atoms with Crippen LogP contribution in [0.15, 0.2) is 34.3 Å². The summed E-state index contributed by atoms with van der Waals surface area (Å²) in [5.74, 6) is 0.830. The molecule has 3 aliphatic rings. The second-order valence-corrected chi connectivity index (χ2v) is 8.96. The van der Waals surface area contributed by atoms with Crippen molar-refractivity contribution in [1.29, 1.82) is 0 Å². The van der Waals surface area contributed by atoms with Gasteiger partial charge in [-0.2, -0.15) is 0 Å². The highest BCUT2D eigenvalue weighted by molar-refractivity contribution is 8.14. The number of hydrogen-bond acceptors (Lipinski definition) is 7. The van der Waals surface area contributed by atoms with E-state index in [0.29, 0.717) is 11.9 Å². The van der Waals surface area contributed by atoms with Crippen molar-refractivity contribution in [3.05, 3.63) is 35.7 Å². The number of methoxy groups -OCH3 is 1. The molecule has 28 heavy (non-hydrogen) atoms. The number of rotatable bonds is 6. The van der Waals surface area contributed by atoms with Crippen molar-refractivity contribution in [3.63, 3.8) is 0 Å². The molecule has 1 fully saturated rings. The lowest BCUT2D eigenvalue weighted by molar-refractivity contribution is 0.0437. The molecule has 3 unspecified atom stereocenters. The maximum Gasteiger partial charge on any atom is 0.156 e. The Morgan fingerprint density at radius 1 is 1.29 bits per heavy atom. The Balaban J connectivity index is 1.32. The van der Waals surface area contributed by atoms with Gasteiger partial charge in [-0.1, -0.05) is 17.8 Å². The van der Waals surface area contributed by atoms with Crippen molar-refractivity contribution in [2.75, 3.05) is 20.2 Å². The molecule has 6 nitrogen and oxygen atoms in total. The smallest absolute Gasteiger partial charge is 0.156 e. The lowest BCUT2D eigenvalue weighted by Crippen LogP contribution is -2.39. The molecule has 0 radical (unpaired) electrons. The lowest BCUT2D eigenvalue weighted by Gasteiger charge is -2.27. The summed E-state index contributed by atoms with van der Waals surface area (Å²) in [5, 5.41) is 1.51. The SMILES string of the molecule is COc1cc(C)nc(CO[C@@H]2CCN(C(C)C3=NC4N=C(C)SC4C=C3)C2)c1. The molecule has 1 aromatic rings. The van der Waals surface area contributed by atoms with Gasteiger partial charge in [0, 0.05) is 37.0 Å². The Morgan fingerprint density at radius 3 is 2.96 bits per heavy atom. The largest absolute Gasteiger partial charge is 0.497 e. The monoisotopic (exact) mass is 400 g/mol. The molecular formula is C21H28N4O2S. The Morgan fingerprint density at radius 2 is 2.14 bits per heavy atom. The number of fused-ring (bicyclic) bond motifs is 1. The fraction of sp³-hybridized carbons (Fsp3) is 0.571. The molecule has 3 aliphatic heterocycles. The van der Waals surface area contributed by atoms with E-state index in [9.17, 15) is 0 Å². The Kier molecular flexibility index (Phi) is 5.85. The molecule has 150 valence electrons. The summed E-state index contributed by atoms with van der Waals surface area (Å²) in [6.45, 7) is 8.73. The molecule has 4 heterocycles. The first-order chi connectivity index (χ1) is 13.5. The molecule has 1 saturated heterocycles. The number of hydrogen-bond donors (Lipinski definition) is 0. The van der Waals surface area contributed by atoms with Gasteiger partial charge in [0.1, 0.15) is 5.75 Å². The summed E-state index contributed by atoms with van der Waals surface area (Å²) in [6.07, 6.45) is 5.76. The summed E-state index contributed by atoms with van der Waals surface area (Å²) in [5.41, 5.74) is 3.00. The molecule has 1 aromatic heterocycles. The Bertz CT molecular complexity index is 823. The van der Waals surface area contributed by atoms with Gasteiger partial charge >= 0.3 is 0 Å². The first kappa shape index (κ1) is 19.6. The molecule has 0 aliphatic carbocycles. The summed E-state index contributed by atoms with van der Waals surface area (Å²) in [6, 6.07) is 4.16. The maximum absolute atomic E-state index is 6.15. The normalized spacial score (nSPS) is 28.1. The number of aryl methyl sites for hydroxylation is 1. The topological polar surface area (TPSA) is 59.3 Å². The van der Waals surface area contributed by atoms with Crippen LogP contribution in [-0.2, 0) is 11.3 Å². The highest BCUT2D eigenvalue weighted by Gasteiger charge is 2.33. The minimum absolute atomic E-state index is 0.0597. The van der Waals surface area contributed by atoms with Crippen LogP contribution < -0.4 is 4.74 Å². The molecule has 0 amide bonds. The van der Waals surface area contributed by atoms with E-state index in [2.05, 4.69) is 40.9 Å². The van der Waals surface area contributed by atoms with E-state index in [1.807, 2.05) is 30.8 Å². The van der Waals surface area contributed by atoms with Crippen LogP contribution in [0, 0.1) is 6.92 Å². The van der Waals surface area contributed by atoms with Gasteiger partial charge in [-0.3, -0.25) is 19.9 Å². The molecule has 0 N–H and O–H groups in total. The zero-order chi connectivity index (χ0) is 19.7. The van der Waals surface area contributed by atoms with Gasteiger partial charge in [0.25, 0.3) is 0 Å². The van der Waals surface area contributed by atoms with Gasteiger partial charge < -0.3 is 9.47 Å². The molecule has 0 spiro atoms. The van der Waals surface area contributed by atoms with Crippen LogP contribution >= 0.6 is 11.8 Å². The number of dihydropyridines is 1. The van der Waals surface area contributed by atoms with E-state index in [0.717, 1.165) is 47.4 Å². The predicted molar refractivity (Wildman–Crippen MR) is 115 cm³/mol. The number of thioether (sulfide) groups is 1. The van der Waals surface area contributed by atoms with Crippen molar-refractivity contribution in [1.82, 2.24) is 9.88 Å². The number of likely N-dealkylation sites (tertiary alicyclic amines) is 1. The quantitative estimate of drug-likeness (QED) is 0.734. The number of pyridine rings is 1. The molecule has 0 saturated carbocycles. The van der Waals surface area contributed by atoms with Crippen molar-refractivity contribution in [2.45, 2.75) is 57.4 Å². The van der Waals surface area contributed by atoms with Crippen molar-refractivity contribution in [2.24, 2.45) is 9.98 Å². The third-order valence-corrected chi connectivity index (χ3v) is 6.61. The lowest BCUT2D eigenvalue weighted by atomic mass is 10.1. The number of aliphatic imine (C=N–C) groups is 2. The Labute approximate surface area is 171 Å².